The lowest BCUT2D eigenvalue weighted by atomic mass is 10.3. The Balaban J connectivity index is 1.81. The van der Waals surface area contributed by atoms with Crippen LogP contribution in [0.4, 0.5) is 5.82 Å². The third-order valence-electron chi connectivity index (χ3n) is 3.03. The molecule has 1 saturated carbocycles. The normalized spacial score (nSPS) is 14.8. The summed E-state index contributed by atoms with van der Waals surface area (Å²) in [6, 6.07) is 3.92. The Hall–Kier alpha value is -1.36. The number of hydrogen-bond acceptors (Lipinski definition) is 4. The number of anilines is 1. The zero-order chi connectivity index (χ0) is 12.5. The summed E-state index contributed by atoms with van der Waals surface area (Å²) in [5, 5.41) is 0. The van der Waals surface area contributed by atoms with Gasteiger partial charge in [-0.3, -0.25) is 0 Å². The Morgan fingerprint density at radius 2 is 2.28 bits per heavy atom. The molecule has 0 aliphatic heterocycles. The second-order valence-corrected chi connectivity index (χ2v) is 5.48. The van der Waals surface area contributed by atoms with Gasteiger partial charge in [0, 0.05) is 31.1 Å². The van der Waals surface area contributed by atoms with Crippen LogP contribution in [0, 0.1) is 0 Å². The summed E-state index contributed by atoms with van der Waals surface area (Å²) in [7, 11) is 2.03. The summed E-state index contributed by atoms with van der Waals surface area (Å²) >= 11 is 3.46. The first-order chi connectivity index (χ1) is 8.72. The number of rotatable bonds is 4. The average Bonchev–Trinajstić information content (AvgIpc) is 3.08. The molecule has 0 unspecified atom stereocenters. The van der Waals surface area contributed by atoms with Crippen LogP contribution in [0.3, 0.4) is 0 Å². The lowest BCUT2D eigenvalue weighted by Crippen LogP contribution is -2.18. The van der Waals surface area contributed by atoms with Gasteiger partial charge in [-0.1, -0.05) is 0 Å². The standard InChI is InChI=1S/C13H14BrN3O/c1-17(7-9-4-5-18-8-9)12-6-11(14)15-13(16-12)10-2-3-10/h4-6,8,10H,2-3,7H2,1H3. The van der Waals surface area contributed by atoms with Crippen LogP contribution in [0.2, 0.25) is 0 Å². The van der Waals surface area contributed by atoms with E-state index in [-0.39, 0.29) is 0 Å². The van der Waals surface area contributed by atoms with Gasteiger partial charge in [0.25, 0.3) is 0 Å². The SMILES string of the molecule is CN(Cc1ccoc1)c1cc(Br)nc(C2CC2)n1. The van der Waals surface area contributed by atoms with Crippen molar-refractivity contribution < 1.29 is 4.42 Å². The van der Waals surface area contributed by atoms with Gasteiger partial charge in [-0.05, 0) is 34.8 Å². The Kier molecular flexibility index (Phi) is 3.07. The van der Waals surface area contributed by atoms with Crippen LogP contribution in [-0.2, 0) is 6.54 Å². The van der Waals surface area contributed by atoms with Crippen LogP contribution in [-0.4, -0.2) is 17.0 Å². The maximum atomic E-state index is 5.08. The Labute approximate surface area is 114 Å². The first-order valence-corrected chi connectivity index (χ1v) is 6.78. The van der Waals surface area contributed by atoms with Gasteiger partial charge < -0.3 is 9.32 Å². The lowest BCUT2D eigenvalue weighted by molar-refractivity contribution is 0.563. The van der Waals surface area contributed by atoms with E-state index in [0.29, 0.717) is 5.92 Å². The minimum absolute atomic E-state index is 0.559. The fourth-order valence-electron chi connectivity index (χ4n) is 1.88. The van der Waals surface area contributed by atoms with Crippen molar-refractivity contribution >= 4 is 21.7 Å². The van der Waals surface area contributed by atoms with Gasteiger partial charge in [0.2, 0.25) is 0 Å². The van der Waals surface area contributed by atoms with E-state index in [9.17, 15) is 0 Å². The van der Waals surface area contributed by atoms with E-state index in [1.54, 1.807) is 12.5 Å². The zero-order valence-corrected chi connectivity index (χ0v) is 11.7. The van der Waals surface area contributed by atoms with Gasteiger partial charge in [-0.15, -0.1) is 0 Å². The maximum absolute atomic E-state index is 5.08. The van der Waals surface area contributed by atoms with Crippen molar-refractivity contribution in [3.63, 3.8) is 0 Å². The minimum atomic E-state index is 0.559. The molecule has 5 heteroatoms. The van der Waals surface area contributed by atoms with E-state index >= 15 is 0 Å². The van der Waals surface area contributed by atoms with E-state index in [1.165, 1.54) is 12.8 Å². The quantitative estimate of drug-likeness (QED) is 0.812. The molecule has 2 heterocycles. The first-order valence-electron chi connectivity index (χ1n) is 5.99. The van der Waals surface area contributed by atoms with Crippen LogP contribution >= 0.6 is 15.9 Å². The van der Waals surface area contributed by atoms with Crippen molar-refractivity contribution in [2.24, 2.45) is 0 Å². The number of nitrogens with zero attached hydrogens (tertiary/aromatic N) is 3. The molecular formula is C13H14BrN3O. The van der Waals surface area contributed by atoms with Gasteiger partial charge in [-0.25, -0.2) is 9.97 Å². The third kappa shape index (κ3) is 2.56. The largest absolute Gasteiger partial charge is 0.472 e. The second kappa shape index (κ2) is 4.72. The molecule has 18 heavy (non-hydrogen) atoms. The molecule has 1 fully saturated rings. The van der Waals surface area contributed by atoms with Gasteiger partial charge in [0.05, 0.1) is 12.5 Å². The number of hydrogen-bond donors (Lipinski definition) is 0. The average molecular weight is 308 g/mol. The smallest absolute Gasteiger partial charge is 0.135 e. The molecule has 1 aliphatic carbocycles. The van der Waals surface area contributed by atoms with E-state index in [2.05, 4.69) is 30.8 Å². The summed E-state index contributed by atoms with van der Waals surface area (Å²) in [4.78, 5) is 11.2. The molecule has 0 aromatic carbocycles. The van der Waals surface area contributed by atoms with Crippen LogP contribution in [0.15, 0.2) is 33.7 Å². The molecule has 0 atom stereocenters. The maximum Gasteiger partial charge on any atom is 0.135 e. The molecule has 3 rings (SSSR count). The van der Waals surface area contributed by atoms with Crippen LogP contribution in [0.1, 0.15) is 30.1 Å². The van der Waals surface area contributed by atoms with Crippen LogP contribution in [0.5, 0.6) is 0 Å². The van der Waals surface area contributed by atoms with Crippen molar-refractivity contribution in [3.05, 3.63) is 40.7 Å². The summed E-state index contributed by atoms with van der Waals surface area (Å²) in [6.45, 7) is 0.782. The summed E-state index contributed by atoms with van der Waals surface area (Å²) in [5.41, 5.74) is 1.14. The molecule has 2 aromatic rings. The summed E-state index contributed by atoms with van der Waals surface area (Å²) in [5.74, 6) is 2.46. The van der Waals surface area contributed by atoms with Gasteiger partial charge in [0.15, 0.2) is 0 Å². The first kappa shape index (κ1) is 11.7. The zero-order valence-electron chi connectivity index (χ0n) is 10.1. The number of aromatic nitrogens is 2. The highest BCUT2D eigenvalue weighted by Gasteiger charge is 2.27. The second-order valence-electron chi connectivity index (χ2n) is 4.67. The predicted molar refractivity (Wildman–Crippen MR) is 72.5 cm³/mol. The highest BCUT2D eigenvalue weighted by molar-refractivity contribution is 9.10. The molecule has 1 aliphatic rings. The van der Waals surface area contributed by atoms with E-state index in [0.717, 1.165) is 28.4 Å². The molecule has 0 saturated heterocycles. The monoisotopic (exact) mass is 307 g/mol. The van der Waals surface area contributed by atoms with Gasteiger partial charge >= 0.3 is 0 Å². The molecule has 0 radical (unpaired) electrons. The molecule has 0 amide bonds. The highest BCUT2D eigenvalue weighted by atomic mass is 79.9. The van der Waals surface area contributed by atoms with Gasteiger partial charge in [-0.2, -0.15) is 0 Å². The molecule has 0 spiro atoms. The van der Waals surface area contributed by atoms with E-state index < -0.39 is 0 Å². The Morgan fingerprint density at radius 1 is 1.44 bits per heavy atom. The van der Waals surface area contributed by atoms with Crippen molar-refractivity contribution in [3.8, 4) is 0 Å². The topological polar surface area (TPSA) is 42.2 Å². The molecule has 0 N–H and O–H groups in total. The fourth-order valence-corrected chi connectivity index (χ4v) is 2.27. The molecular weight excluding hydrogens is 294 g/mol. The van der Waals surface area contributed by atoms with E-state index in [4.69, 9.17) is 4.42 Å². The third-order valence-corrected chi connectivity index (χ3v) is 3.44. The van der Waals surface area contributed by atoms with E-state index in [1.807, 2.05) is 19.2 Å². The molecule has 2 aromatic heterocycles. The molecule has 4 nitrogen and oxygen atoms in total. The van der Waals surface area contributed by atoms with Crippen molar-refractivity contribution in [1.82, 2.24) is 9.97 Å². The Bertz CT molecular complexity index is 537. The minimum Gasteiger partial charge on any atom is -0.472 e. The van der Waals surface area contributed by atoms with Gasteiger partial charge in [0.1, 0.15) is 16.2 Å². The highest BCUT2D eigenvalue weighted by Crippen LogP contribution is 2.39. The molecule has 94 valence electrons. The van der Waals surface area contributed by atoms with Crippen molar-refractivity contribution in [2.75, 3.05) is 11.9 Å². The predicted octanol–water partition coefficient (Wildman–Crippen LogP) is 3.35. The van der Waals surface area contributed by atoms with Crippen molar-refractivity contribution in [2.45, 2.75) is 25.3 Å². The number of furan rings is 1. The molecule has 0 bridgehead atoms. The summed E-state index contributed by atoms with van der Waals surface area (Å²) in [6.07, 6.45) is 5.87. The van der Waals surface area contributed by atoms with Crippen LogP contribution in [0.25, 0.3) is 0 Å². The lowest BCUT2D eigenvalue weighted by Gasteiger charge is -2.18. The van der Waals surface area contributed by atoms with Crippen molar-refractivity contribution in [1.29, 1.82) is 0 Å². The Morgan fingerprint density at radius 3 is 2.94 bits per heavy atom. The number of halogens is 1. The van der Waals surface area contributed by atoms with Crippen LogP contribution < -0.4 is 4.90 Å². The summed E-state index contributed by atoms with van der Waals surface area (Å²) < 4.78 is 5.93. The fraction of sp³-hybridized carbons (Fsp3) is 0.385.